The fourth-order valence-electron chi connectivity index (χ4n) is 2.84. The molecule has 114 valence electrons. The average Bonchev–Trinajstić information content (AvgIpc) is 3.20. The minimum atomic E-state index is -0.788. The standard InChI is InChI=1S/C15H20N2O3S/c18-14(19)11-3-1-7-16(9-11)15(20)17(12-5-6-12)10-13-4-2-8-21-13/h2,4,8,11-12H,1,3,5-7,9-10H2,(H,18,19)/t11-/m1/s1. The zero-order valence-corrected chi connectivity index (χ0v) is 12.7. The molecule has 6 heteroatoms. The molecule has 0 aromatic carbocycles. The minimum Gasteiger partial charge on any atom is -0.481 e. The molecule has 0 bridgehead atoms. The molecule has 5 nitrogen and oxygen atoms in total. The Hall–Kier alpha value is -1.56. The Bertz CT molecular complexity index is 513. The molecule has 2 aliphatic rings. The molecule has 2 heterocycles. The van der Waals surface area contributed by atoms with Crippen molar-refractivity contribution < 1.29 is 14.7 Å². The van der Waals surface area contributed by atoms with Gasteiger partial charge in [-0.1, -0.05) is 6.07 Å². The molecule has 21 heavy (non-hydrogen) atoms. The van der Waals surface area contributed by atoms with E-state index in [-0.39, 0.29) is 6.03 Å². The molecule has 1 N–H and O–H groups in total. The first-order chi connectivity index (χ1) is 10.1. The zero-order chi connectivity index (χ0) is 14.8. The van der Waals surface area contributed by atoms with Gasteiger partial charge >= 0.3 is 12.0 Å². The van der Waals surface area contributed by atoms with Crippen LogP contribution in [0.5, 0.6) is 0 Å². The smallest absolute Gasteiger partial charge is 0.320 e. The summed E-state index contributed by atoms with van der Waals surface area (Å²) in [6.07, 6.45) is 3.58. The molecule has 0 radical (unpaired) electrons. The van der Waals surface area contributed by atoms with E-state index in [2.05, 4.69) is 0 Å². The number of urea groups is 1. The lowest BCUT2D eigenvalue weighted by Crippen LogP contribution is -2.49. The van der Waals surface area contributed by atoms with E-state index in [0.29, 0.717) is 32.1 Å². The molecule has 1 saturated heterocycles. The number of likely N-dealkylation sites (tertiary alicyclic amines) is 1. The minimum absolute atomic E-state index is 0.0110. The Morgan fingerprint density at radius 3 is 2.81 bits per heavy atom. The first-order valence-electron chi connectivity index (χ1n) is 7.46. The molecular formula is C15H20N2O3S. The third kappa shape index (κ3) is 3.37. The number of hydrogen-bond acceptors (Lipinski definition) is 3. The second-order valence-electron chi connectivity index (χ2n) is 5.84. The van der Waals surface area contributed by atoms with Crippen LogP contribution in [0, 0.1) is 5.92 Å². The fourth-order valence-corrected chi connectivity index (χ4v) is 3.55. The Balaban J connectivity index is 1.67. The number of piperidine rings is 1. The Kier molecular flexibility index (Phi) is 4.14. The molecule has 1 saturated carbocycles. The van der Waals surface area contributed by atoms with Gasteiger partial charge in [0.1, 0.15) is 0 Å². The third-order valence-corrected chi connectivity index (χ3v) is 5.04. The van der Waals surface area contributed by atoms with Crippen molar-refractivity contribution in [2.45, 2.75) is 38.3 Å². The number of carbonyl (C=O) groups excluding carboxylic acids is 1. The van der Waals surface area contributed by atoms with E-state index in [1.165, 1.54) is 4.88 Å². The Morgan fingerprint density at radius 2 is 2.19 bits per heavy atom. The van der Waals surface area contributed by atoms with E-state index in [1.807, 2.05) is 22.4 Å². The third-order valence-electron chi connectivity index (χ3n) is 4.18. The number of aliphatic carboxylic acids is 1. The largest absolute Gasteiger partial charge is 0.481 e. The number of nitrogens with zero attached hydrogens (tertiary/aromatic N) is 2. The summed E-state index contributed by atoms with van der Waals surface area (Å²) in [6.45, 7) is 1.67. The van der Waals surface area contributed by atoms with Gasteiger partial charge in [0.05, 0.1) is 12.5 Å². The monoisotopic (exact) mass is 308 g/mol. The summed E-state index contributed by atoms with van der Waals surface area (Å²) in [5.74, 6) is -1.20. The summed E-state index contributed by atoms with van der Waals surface area (Å²) in [7, 11) is 0. The van der Waals surface area contributed by atoms with Crippen molar-refractivity contribution in [2.75, 3.05) is 13.1 Å². The maximum atomic E-state index is 12.7. The van der Waals surface area contributed by atoms with Crippen LogP contribution in [-0.4, -0.2) is 46.0 Å². The maximum absolute atomic E-state index is 12.7. The predicted molar refractivity (Wildman–Crippen MR) is 80.2 cm³/mol. The van der Waals surface area contributed by atoms with Gasteiger partial charge < -0.3 is 14.9 Å². The molecule has 3 rings (SSSR count). The Labute approximate surface area is 128 Å². The number of carboxylic acid groups (broad SMARTS) is 1. The molecule has 0 unspecified atom stereocenters. The van der Waals surface area contributed by atoms with Crippen LogP contribution in [0.1, 0.15) is 30.6 Å². The molecule has 1 aromatic heterocycles. The van der Waals surface area contributed by atoms with Crippen molar-refractivity contribution in [3.05, 3.63) is 22.4 Å². The molecule has 2 amide bonds. The van der Waals surface area contributed by atoms with Crippen LogP contribution in [-0.2, 0) is 11.3 Å². The van der Waals surface area contributed by atoms with Crippen molar-refractivity contribution in [3.63, 3.8) is 0 Å². The van der Waals surface area contributed by atoms with E-state index < -0.39 is 11.9 Å². The van der Waals surface area contributed by atoms with Gasteiger partial charge in [0.15, 0.2) is 0 Å². The predicted octanol–water partition coefficient (Wildman–Crippen LogP) is 2.63. The molecule has 1 aromatic rings. The quantitative estimate of drug-likeness (QED) is 0.930. The fraction of sp³-hybridized carbons (Fsp3) is 0.600. The molecule has 1 atom stereocenters. The van der Waals surface area contributed by atoms with Crippen molar-refractivity contribution >= 4 is 23.3 Å². The first-order valence-corrected chi connectivity index (χ1v) is 8.34. The highest BCUT2D eigenvalue weighted by atomic mass is 32.1. The van der Waals surface area contributed by atoms with Crippen molar-refractivity contribution in [1.82, 2.24) is 9.80 Å². The van der Waals surface area contributed by atoms with Crippen LogP contribution in [0.2, 0.25) is 0 Å². The second kappa shape index (κ2) is 6.05. The summed E-state index contributed by atoms with van der Waals surface area (Å²) in [4.78, 5) is 28.7. The van der Waals surface area contributed by atoms with Crippen LogP contribution in [0.25, 0.3) is 0 Å². The van der Waals surface area contributed by atoms with Crippen molar-refractivity contribution in [1.29, 1.82) is 0 Å². The normalized spacial score (nSPS) is 22.1. The maximum Gasteiger partial charge on any atom is 0.320 e. The van der Waals surface area contributed by atoms with E-state index in [0.717, 1.165) is 19.3 Å². The van der Waals surface area contributed by atoms with Crippen LogP contribution < -0.4 is 0 Å². The molecule has 2 fully saturated rings. The lowest BCUT2D eigenvalue weighted by atomic mass is 9.98. The van der Waals surface area contributed by atoms with Gasteiger partial charge in [0.25, 0.3) is 0 Å². The number of carboxylic acids is 1. The van der Waals surface area contributed by atoms with Crippen LogP contribution in [0.4, 0.5) is 4.79 Å². The number of rotatable bonds is 4. The molecule has 1 aliphatic heterocycles. The van der Waals surface area contributed by atoms with Crippen molar-refractivity contribution in [2.24, 2.45) is 5.92 Å². The van der Waals surface area contributed by atoms with Crippen LogP contribution >= 0.6 is 11.3 Å². The molecule has 1 aliphatic carbocycles. The summed E-state index contributed by atoms with van der Waals surface area (Å²) < 4.78 is 0. The van der Waals surface area contributed by atoms with E-state index in [1.54, 1.807) is 16.2 Å². The van der Waals surface area contributed by atoms with E-state index in [9.17, 15) is 9.59 Å². The van der Waals surface area contributed by atoms with Gasteiger partial charge in [-0.2, -0.15) is 0 Å². The summed E-state index contributed by atoms with van der Waals surface area (Å²) in [5.41, 5.74) is 0. The highest BCUT2D eigenvalue weighted by molar-refractivity contribution is 7.09. The van der Waals surface area contributed by atoms with Gasteiger partial charge in [-0.3, -0.25) is 4.79 Å². The van der Waals surface area contributed by atoms with Gasteiger partial charge in [-0.15, -0.1) is 11.3 Å². The molecule has 0 spiro atoms. The van der Waals surface area contributed by atoms with E-state index >= 15 is 0 Å². The lowest BCUT2D eigenvalue weighted by Gasteiger charge is -2.35. The summed E-state index contributed by atoms with van der Waals surface area (Å²) in [6, 6.07) is 4.39. The van der Waals surface area contributed by atoms with Crippen LogP contribution in [0.3, 0.4) is 0 Å². The topological polar surface area (TPSA) is 60.9 Å². The highest BCUT2D eigenvalue weighted by Gasteiger charge is 2.37. The molecular weight excluding hydrogens is 288 g/mol. The number of thiophene rings is 1. The summed E-state index contributed by atoms with van der Waals surface area (Å²) in [5, 5.41) is 11.2. The zero-order valence-electron chi connectivity index (χ0n) is 11.9. The van der Waals surface area contributed by atoms with E-state index in [4.69, 9.17) is 5.11 Å². The van der Waals surface area contributed by atoms with Gasteiger partial charge in [0, 0.05) is 24.0 Å². The first kappa shape index (κ1) is 14.4. The lowest BCUT2D eigenvalue weighted by molar-refractivity contribution is -0.143. The van der Waals surface area contributed by atoms with Gasteiger partial charge in [0.2, 0.25) is 0 Å². The van der Waals surface area contributed by atoms with Crippen molar-refractivity contribution in [3.8, 4) is 0 Å². The summed E-state index contributed by atoms with van der Waals surface area (Å²) >= 11 is 1.66. The number of amides is 2. The van der Waals surface area contributed by atoms with Crippen LogP contribution in [0.15, 0.2) is 17.5 Å². The Morgan fingerprint density at radius 1 is 1.38 bits per heavy atom. The average molecular weight is 308 g/mol. The number of carbonyl (C=O) groups is 2. The second-order valence-corrected chi connectivity index (χ2v) is 6.88. The van der Waals surface area contributed by atoms with Gasteiger partial charge in [-0.05, 0) is 37.1 Å². The SMILES string of the molecule is O=C(O)[C@@H]1CCCN(C(=O)N(Cc2cccs2)C2CC2)C1. The van der Waals surface area contributed by atoms with Gasteiger partial charge in [-0.25, -0.2) is 4.79 Å². The number of hydrogen-bond donors (Lipinski definition) is 1. The highest BCUT2D eigenvalue weighted by Crippen LogP contribution is 2.31.